The van der Waals surface area contributed by atoms with E-state index in [1.165, 1.54) is 33.4 Å². The largest absolute Gasteiger partial charge is 0.435 e. The third kappa shape index (κ3) is 5.16. The second-order valence-corrected chi connectivity index (χ2v) is 14.4. The van der Waals surface area contributed by atoms with Crippen molar-refractivity contribution >= 4 is 38.9 Å². The standard InChI is InChI=1S/C50H36N2O/c1-50(2)45-23-12-11-22-42(45)44-32-40(28-29-46(44)50)52(39-20-13-19-36(30-39)33-14-5-3-6-15-33)38-26-24-34(25-27-38)43-31-37-18-9-10-21-41(37)47-48(43)53-49(51-47)35-16-7-4-8-17-35/h3-32H,1-2H3. The summed E-state index contributed by atoms with van der Waals surface area (Å²) >= 11 is 0. The van der Waals surface area contributed by atoms with Gasteiger partial charge in [-0.25, -0.2) is 4.98 Å². The lowest BCUT2D eigenvalue weighted by molar-refractivity contribution is 0.621. The molecule has 0 fully saturated rings. The van der Waals surface area contributed by atoms with Crippen molar-refractivity contribution in [1.29, 1.82) is 0 Å². The van der Waals surface area contributed by atoms with E-state index in [9.17, 15) is 0 Å². The number of oxazole rings is 1. The van der Waals surface area contributed by atoms with E-state index in [-0.39, 0.29) is 5.41 Å². The third-order valence-corrected chi connectivity index (χ3v) is 10.9. The molecule has 9 aromatic rings. The maximum Gasteiger partial charge on any atom is 0.227 e. The zero-order valence-corrected chi connectivity index (χ0v) is 29.6. The van der Waals surface area contributed by atoms with Gasteiger partial charge in [-0.15, -0.1) is 0 Å². The molecule has 0 saturated heterocycles. The van der Waals surface area contributed by atoms with E-state index in [1.54, 1.807) is 0 Å². The van der Waals surface area contributed by atoms with Crippen LogP contribution in [0.3, 0.4) is 0 Å². The van der Waals surface area contributed by atoms with Gasteiger partial charge in [0.25, 0.3) is 0 Å². The smallest absolute Gasteiger partial charge is 0.227 e. The first-order chi connectivity index (χ1) is 26.0. The molecular formula is C50H36N2O. The van der Waals surface area contributed by atoms with Crippen LogP contribution in [-0.2, 0) is 5.41 Å². The van der Waals surface area contributed by atoms with E-state index in [4.69, 9.17) is 9.40 Å². The normalized spacial score (nSPS) is 12.9. The Balaban J connectivity index is 1.13. The van der Waals surface area contributed by atoms with Crippen LogP contribution in [0.2, 0.25) is 0 Å². The predicted octanol–water partition coefficient (Wildman–Crippen LogP) is 13.8. The highest BCUT2D eigenvalue weighted by atomic mass is 16.3. The molecule has 0 saturated carbocycles. The quantitative estimate of drug-likeness (QED) is 0.175. The van der Waals surface area contributed by atoms with Crippen molar-refractivity contribution < 1.29 is 4.42 Å². The molecule has 252 valence electrons. The average molecular weight is 681 g/mol. The van der Waals surface area contributed by atoms with Crippen molar-refractivity contribution in [2.24, 2.45) is 0 Å². The van der Waals surface area contributed by atoms with Crippen LogP contribution < -0.4 is 4.90 Å². The molecule has 3 heteroatoms. The van der Waals surface area contributed by atoms with Gasteiger partial charge in [-0.2, -0.15) is 0 Å². The van der Waals surface area contributed by atoms with Gasteiger partial charge in [0.15, 0.2) is 5.58 Å². The van der Waals surface area contributed by atoms with Crippen LogP contribution in [-0.4, -0.2) is 4.98 Å². The summed E-state index contributed by atoms with van der Waals surface area (Å²) in [7, 11) is 0. The van der Waals surface area contributed by atoms with Crippen molar-refractivity contribution in [3.8, 4) is 44.8 Å². The molecule has 1 aliphatic carbocycles. The highest BCUT2D eigenvalue weighted by Crippen LogP contribution is 2.51. The van der Waals surface area contributed by atoms with Crippen molar-refractivity contribution in [3.63, 3.8) is 0 Å². The van der Waals surface area contributed by atoms with Crippen LogP contribution in [0, 0.1) is 0 Å². The first-order valence-electron chi connectivity index (χ1n) is 18.2. The third-order valence-electron chi connectivity index (χ3n) is 10.9. The molecule has 0 unspecified atom stereocenters. The van der Waals surface area contributed by atoms with Crippen LogP contribution in [0.5, 0.6) is 0 Å². The van der Waals surface area contributed by atoms with Gasteiger partial charge < -0.3 is 9.32 Å². The molecule has 53 heavy (non-hydrogen) atoms. The SMILES string of the molecule is CC1(C)c2ccccc2-c2cc(N(c3ccc(-c4cc5ccccc5c5nc(-c6ccccc6)oc45)cc3)c3cccc(-c4ccccc4)c3)ccc21. The van der Waals surface area contributed by atoms with E-state index in [0.29, 0.717) is 5.89 Å². The summed E-state index contributed by atoms with van der Waals surface area (Å²) in [6.07, 6.45) is 0. The van der Waals surface area contributed by atoms with Gasteiger partial charge in [0.1, 0.15) is 5.52 Å². The molecule has 0 atom stereocenters. The molecule has 0 aliphatic heterocycles. The van der Waals surface area contributed by atoms with E-state index in [2.05, 4.69) is 170 Å². The number of rotatable bonds is 6. The molecule has 0 radical (unpaired) electrons. The van der Waals surface area contributed by atoms with Crippen molar-refractivity contribution in [3.05, 3.63) is 193 Å². The number of benzene rings is 8. The Morgan fingerprint density at radius 2 is 1.09 bits per heavy atom. The van der Waals surface area contributed by atoms with Crippen LogP contribution in [0.15, 0.2) is 186 Å². The Kier molecular flexibility index (Phi) is 7.16. The minimum absolute atomic E-state index is 0.0591. The number of hydrogen-bond donors (Lipinski definition) is 0. The second kappa shape index (κ2) is 12.2. The van der Waals surface area contributed by atoms with Gasteiger partial charge in [0, 0.05) is 39.0 Å². The fourth-order valence-electron chi connectivity index (χ4n) is 8.20. The van der Waals surface area contributed by atoms with Crippen LogP contribution in [0.4, 0.5) is 17.1 Å². The van der Waals surface area contributed by atoms with Crippen LogP contribution >= 0.6 is 0 Å². The zero-order valence-electron chi connectivity index (χ0n) is 29.6. The Morgan fingerprint density at radius 3 is 1.91 bits per heavy atom. The molecule has 0 bridgehead atoms. The van der Waals surface area contributed by atoms with Gasteiger partial charge in [0.05, 0.1) is 0 Å². The molecular weight excluding hydrogens is 645 g/mol. The highest BCUT2D eigenvalue weighted by Gasteiger charge is 2.35. The van der Waals surface area contributed by atoms with E-state index in [0.717, 1.165) is 55.6 Å². The lowest BCUT2D eigenvalue weighted by atomic mass is 9.82. The molecule has 0 amide bonds. The number of hydrogen-bond acceptors (Lipinski definition) is 3. The summed E-state index contributed by atoms with van der Waals surface area (Å²) < 4.78 is 6.59. The van der Waals surface area contributed by atoms with Crippen LogP contribution in [0.1, 0.15) is 25.0 Å². The Labute approximate surface area is 309 Å². The van der Waals surface area contributed by atoms with E-state index < -0.39 is 0 Å². The van der Waals surface area contributed by atoms with Crippen LogP contribution in [0.25, 0.3) is 66.7 Å². The maximum atomic E-state index is 6.59. The number of fused-ring (bicyclic) bond motifs is 6. The molecule has 10 rings (SSSR count). The van der Waals surface area contributed by atoms with E-state index >= 15 is 0 Å². The Bertz CT molecular complexity index is 2800. The lowest BCUT2D eigenvalue weighted by Gasteiger charge is -2.28. The Hall–Kier alpha value is -6.71. The number of aromatic nitrogens is 1. The molecule has 1 heterocycles. The molecule has 1 aromatic heterocycles. The monoisotopic (exact) mass is 680 g/mol. The minimum atomic E-state index is -0.0591. The number of nitrogens with zero attached hydrogens (tertiary/aromatic N) is 2. The van der Waals surface area contributed by atoms with Gasteiger partial charge in [0.2, 0.25) is 5.89 Å². The first kappa shape index (κ1) is 31.1. The van der Waals surface area contributed by atoms with E-state index in [1.807, 2.05) is 30.3 Å². The molecule has 8 aromatic carbocycles. The molecule has 0 spiro atoms. The van der Waals surface area contributed by atoms with Crippen molar-refractivity contribution in [2.45, 2.75) is 19.3 Å². The maximum absolute atomic E-state index is 6.59. The predicted molar refractivity (Wildman–Crippen MR) is 220 cm³/mol. The summed E-state index contributed by atoms with van der Waals surface area (Å²) in [5.41, 5.74) is 15.7. The minimum Gasteiger partial charge on any atom is -0.435 e. The first-order valence-corrected chi connectivity index (χ1v) is 18.2. The summed E-state index contributed by atoms with van der Waals surface area (Å²) in [5.74, 6) is 0.626. The highest BCUT2D eigenvalue weighted by molar-refractivity contribution is 6.10. The van der Waals surface area contributed by atoms with Gasteiger partial charge >= 0.3 is 0 Å². The van der Waals surface area contributed by atoms with Gasteiger partial charge in [-0.3, -0.25) is 0 Å². The van der Waals surface area contributed by atoms with Gasteiger partial charge in [-0.1, -0.05) is 141 Å². The summed E-state index contributed by atoms with van der Waals surface area (Å²) in [5, 5.41) is 2.22. The topological polar surface area (TPSA) is 29.3 Å². The molecule has 1 aliphatic rings. The summed E-state index contributed by atoms with van der Waals surface area (Å²) in [6, 6.07) is 64.9. The van der Waals surface area contributed by atoms with Crippen molar-refractivity contribution in [1.82, 2.24) is 4.98 Å². The number of anilines is 3. The Morgan fingerprint density at radius 1 is 0.453 bits per heavy atom. The lowest BCUT2D eigenvalue weighted by Crippen LogP contribution is -2.15. The average Bonchev–Trinajstić information content (AvgIpc) is 3.76. The molecule has 3 nitrogen and oxygen atoms in total. The fraction of sp³-hybridized carbons (Fsp3) is 0.0600. The summed E-state index contributed by atoms with van der Waals surface area (Å²) in [4.78, 5) is 7.41. The fourth-order valence-corrected chi connectivity index (χ4v) is 8.20. The molecule has 0 N–H and O–H groups in total. The summed E-state index contributed by atoms with van der Waals surface area (Å²) in [6.45, 7) is 4.66. The second-order valence-electron chi connectivity index (χ2n) is 14.4. The van der Waals surface area contributed by atoms with Gasteiger partial charge in [-0.05, 0) is 98.9 Å². The van der Waals surface area contributed by atoms with Crippen molar-refractivity contribution in [2.75, 3.05) is 4.90 Å². The zero-order chi connectivity index (χ0) is 35.5.